The Kier molecular flexibility index (Phi) is 41.4. The zero-order valence-corrected chi connectivity index (χ0v) is 76.1. The third-order valence-corrected chi connectivity index (χ3v) is 16.7. The Balaban J connectivity index is 0.000000339. The van der Waals surface area contributed by atoms with Crippen molar-refractivity contribution in [3.63, 3.8) is 0 Å². The summed E-state index contributed by atoms with van der Waals surface area (Å²) < 4.78 is 58.5. The molecule has 0 saturated heterocycles. The molecule has 0 aliphatic carbocycles. The van der Waals surface area contributed by atoms with E-state index in [1.54, 1.807) is 102 Å². The number of alkyl halides is 1. The number of anilines is 5. The molecule has 0 unspecified atom stereocenters. The number of hydrogen-bond donors (Lipinski definition) is 6. The number of hydrogen-bond acceptors (Lipinski definition) is 22. The number of pyridine rings is 4. The molecule has 34 heteroatoms. The van der Waals surface area contributed by atoms with Crippen molar-refractivity contribution in [2.24, 2.45) is 0 Å². The average Bonchev–Trinajstić information content (AvgIpc) is 1.29. The summed E-state index contributed by atoms with van der Waals surface area (Å²) in [5, 5.41) is 37.3. The van der Waals surface area contributed by atoms with E-state index in [0.29, 0.717) is 95.8 Å². The molecule has 14 rings (SSSR count). The number of Topliss-reactive ketones (excluding diaryl/α,β-unsaturated/α-hetero) is 2. The summed E-state index contributed by atoms with van der Waals surface area (Å²) >= 11 is 6.77. The molecule has 634 valence electrons. The van der Waals surface area contributed by atoms with Gasteiger partial charge in [-0.1, -0.05) is 146 Å². The van der Waals surface area contributed by atoms with Crippen molar-refractivity contribution >= 4 is 149 Å². The van der Waals surface area contributed by atoms with Crippen LogP contribution in [0.25, 0.3) is 48.8 Å². The number of methoxy groups -OCH3 is 3. The van der Waals surface area contributed by atoms with Crippen molar-refractivity contribution in [2.75, 3.05) is 73.9 Å². The molecular formula is C88H88BClFIN13O15PdU-. The van der Waals surface area contributed by atoms with Gasteiger partial charge in [0.05, 0.1) is 61.9 Å². The summed E-state index contributed by atoms with van der Waals surface area (Å²) in [5.74, 6) is 4.33. The molecule has 0 aliphatic rings. The number of nitro benzene ring substituents is 2. The number of nitrogens with two attached hydrogens (primary N) is 3. The Morgan fingerprint density at radius 3 is 1.48 bits per heavy atom. The van der Waals surface area contributed by atoms with Crippen LogP contribution in [0.5, 0.6) is 34.5 Å². The van der Waals surface area contributed by atoms with Crippen molar-refractivity contribution in [1.29, 1.82) is 1.34 Å². The number of rotatable bonds is 21. The van der Waals surface area contributed by atoms with Gasteiger partial charge in [0.15, 0.2) is 17.0 Å². The van der Waals surface area contributed by atoms with Crippen LogP contribution in [0.3, 0.4) is 0 Å². The van der Waals surface area contributed by atoms with Gasteiger partial charge in [-0.25, -0.2) is 18.9 Å². The first-order valence-corrected chi connectivity index (χ1v) is 37.7. The Hall–Kier alpha value is -11.9. The molecule has 2 amide bonds. The van der Waals surface area contributed by atoms with E-state index in [4.69, 9.17) is 60.3 Å². The predicted molar refractivity (Wildman–Crippen MR) is 479 cm³/mol. The number of benzene rings is 9. The number of non-ortho nitro benzene ring substituents is 2. The maximum Gasteiger partial charge on any atom is 0.324 e. The summed E-state index contributed by atoms with van der Waals surface area (Å²) in [5.41, 5.74) is 22.0. The first-order chi connectivity index (χ1) is 58.1. The fourth-order valence-corrected chi connectivity index (χ4v) is 11.4. The molecular weight excluding hydrogens is 2020 g/mol. The number of carbonyl (C=O) groups is 4. The molecule has 5 aromatic heterocycles. The minimum absolute atomic E-state index is 0. The number of nitrogen functional groups attached to an aromatic ring is 3. The summed E-state index contributed by atoms with van der Waals surface area (Å²) in [6.07, 6.45) is 6.66. The van der Waals surface area contributed by atoms with Crippen LogP contribution in [0, 0.1) is 71.5 Å². The molecule has 0 saturated carbocycles. The number of nitro groups is 2. The number of ketones is 2. The molecule has 14 aromatic rings. The third kappa shape index (κ3) is 30.7. The largest absolute Gasteiger partial charge is 0.457 e. The van der Waals surface area contributed by atoms with Crippen LogP contribution < -0.4 is 47.5 Å². The van der Waals surface area contributed by atoms with Crippen molar-refractivity contribution in [2.45, 2.75) is 46.0 Å². The molecule has 0 spiro atoms. The number of ether oxygens (including phenoxy) is 6. The van der Waals surface area contributed by atoms with Gasteiger partial charge in [-0.2, -0.15) is 5.10 Å². The molecule has 9 N–H and O–H groups in total. The molecule has 9 aromatic carbocycles. The summed E-state index contributed by atoms with van der Waals surface area (Å²) in [4.78, 5) is 93.3. The number of H-pyrrole nitrogens is 1. The van der Waals surface area contributed by atoms with Gasteiger partial charge in [-0.3, -0.25) is 54.7 Å². The zero-order valence-electron chi connectivity index (χ0n) is 69.4. The number of carbonyl (C=O) groups excluding carboxylic acids is 4. The summed E-state index contributed by atoms with van der Waals surface area (Å²) in [6, 6.07) is 64.0. The number of fused-ring (bicyclic) bond motifs is 4. The van der Waals surface area contributed by atoms with E-state index in [2.05, 4.69) is 64.5 Å². The van der Waals surface area contributed by atoms with Gasteiger partial charge in [0.1, 0.15) is 77.6 Å². The normalized spacial score (nSPS) is 10.3. The smallest absolute Gasteiger partial charge is 0.324 e. The van der Waals surface area contributed by atoms with Gasteiger partial charge in [0.2, 0.25) is 5.24 Å². The monoisotopic (exact) mass is 2100 g/mol. The number of amides is 2. The van der Waals surface area contributed by atoms with Crippen LogP contribution >= 0.6 is 34.2 Å². The van der Waals surface area contributed by atoms with Crippen molar-refractivity contribution in [3.05, 3.63) is 316 Å². The minimum atomic E-state index is -0.512. The summed E-state index contributed by atoms with van der Waals surface area (Å²) in [7, 11) is 8.15. The molecule has 5 heterocycles. The second kappa shape index (κ2) is 51.0. The van der Waals surface area contributed by atoms with Gasteiger partial charge in [-0.05, 0) is 104 Å². The molecule has 0 bridgehead atoms. The molecule has 0 atom stereocenters. The zero-order chi connectivity index (χ0) is 88.1. The number of halogens is 3. The summed E-state index contributed by atoms with van der Waals surface area (Å²) in [6.45, 7) is 8.40. The predicted octanol–water partition coefficient (Wildman–Crippen LogP) is 18.2. The first-order valence-electron chi connectivity index (χ1n) is 37.0. The number of aromatic amines is 1. The molecule has 2 radical (unpaired) electrons. The topological polar surface area (TPSA) is 401 Å². The van der Waals surface area contributed by atoms with Crippen LogP contribution in [0.15, 0.2) is 254 Å². The number of nitrogens with one attached hydrogen (secondary N) is 3. The van der Waals surface area contributed by atoms with Crippen LogP contribution in [0.2, 0.25) is 0 Å². The Morgan fingerprint density at radius 2 is 1.02 bits per heavy atom. The first kappa shape index (κ1) is 98.9. The van der Waals surface area contributed by atoms with Gasteiger partial charge >= 0.3 is 6.03 Å². The Morgan fingerprint density at radius 1 is 0.582 bits per heavy atom. The van der Waals surface area contributed by atoms with Crippen LogP contribution in [-0.2, 0) is 67.3 Å². The number of nitrogens with zero attached hydrogens (tertiary/aromatic N) is 7. The van der Waals surface area contributed by atoms with Crippen molar-refractivity contribution in [3.8, 4) is 40.2 Å². The molecule has 122 heavy (non-hydrogen) atoms. The van der Waals surface area contributed by atoms with Gasteiger partial charge in [-0.15, -0.1) is 0 Å². The van der Waals surface area contributed by atoms with E-state index in [-0.39, 0.29) is 131 Å². The van der Waals surface area contributed by atoms with Crippen LogP contribution in [-0.4, -0.2) is 118 Å². The maximum atomic E-state index is 13.3. The fraction of sp³-hybridized carbons (Fsp3) is 0.159. The van der Waals surface area contributed by atoms with Gasteiger partial charge < -0.3 is 63.3 Å². The van der Waals surface area contributed by atoms with Crippen LogP contribution in [0.1, 0.15) is 44.8 Å². The Bertz CT molecular complexity index is 5950. The quantitative estimate of drug-likeness (QED) is 0.00569. The molecule has 0 fully saturated rings. The average molecular weight is 2110 g/mol. The number of aromatic nitrogens is 6. The standard InChI is InChI=1S/C34H35N5O4.C19H18N2O3.C15H11N3O3.C10H6FNO2.C5H6N2O.C3H5ClO2.CH3I.CH3.BH.Pd.U/c1-22-10-12-24(13-11-22)39-32(20-31(38-39)34(2,3)4)37-33(41)36-29-14-15-30(28-9-7-6-8-27(28)29)43-26-16-17-35-23(19-26)18-25(40)21-42-5;1-23-12-14(22)10-13-11-15(8-9-21-13)24-19-7-6-18(20)16-4-2-3-5-17(16)19;16-15-9-10(7-8-17-15)21-14-6-5-13(18(19)20)11-3-1-2-4-12(11)14;11-9-5-6-10(12(13)14)8-4-2-1-3-7(8)9;6-5-3-4(8)1-2-7-5;1-6-2-3(4)5;1-2;;;;/h6-17,19-20H,18,21H2,1-5H3,(H2,36,37,41);2-9,11H,10,12,20H2,1H3;1-9H,(H2,16,17);1-6H;1-3H,(H3,6,7,8);2H2,1H3;1H3;1H3;1H;;/q;;;;;;;-1;;;/i;;;;;;1D;;1D;;. The SMILES string of the molecule is COCC(=O)Cc1cc(Oc2ccc(N)c3ccccc23)ccn1.COCC(=O)Cc1cc(Oc2ccc(NC(=O)Nc3cc(C(C)(C)C)nn3-c3ccc(C)cc3)c3ccccc23)ccn1.COCC(=O)Cl.Nc1cc(=O)cc[nH]1.Nc1cc(Oc2ccc([N+](=O)[O-])c3ccccc23)ccn1.O=[N+]([O-])c1ccc(F)c2ccccc12.[2H]CI.[2H][B].[CH3-].[Pd].[U]. The van der Waals surface area contributed by atoms with E-state index in [9.17, 15) is 48.6 Å². The van der Waals surface area contributed by atoms with E-state index in [0.717, 1.165) is 44.6 Å². The minimum Gasteiger partial charge on any atom is -0.457 e. The van der Waals surface area contributed by atoms with Gasteiger partial charge in [0.25, 0.3) is 11.4 Å². The second-order valence-corrected chi connectivity index (χ2v) is 26.8. The van der Waals surface area contributed by atoms with Gasteiger partial charge in [0, 0.05) is 199 Å². The van der Waals surface area contributed by atoms with Crippen molar-refractivity contribution < 1.29 is 115 Å². The molecule has 28 nitrogen and oxygen atoms in total. The van der Waals surface area contributed by atoms with E-state index < -0.39 is 26.9 Å². The third-order valence-electron chi connectivity index (χ3n) is 16.6. The van der Waals surface area contributed by atoms with Crippen molar-refractivity contribution in [1.82, 2.24) is 29.7 Å². The maximum absolute atomic E-state index is 13.3. The van der Waals surface area contributed by atoms with Crippen LogP contribution in [0.4, 0.5) is 49.4 Å². The van der Waals surface area contributed by atoms with E-state index >= 15 is 0 Å². The number of aryl methyl sites for hydroxylation is 1. The second-order valence-electron chi connectivity index (χ2n) is 26.4. The fourth-order valence-electron chi connectivity index (χ4n) is 11.3. The molecule has 0 aliphatic heterocycles. The Labute approximate surface area is 764 Å². The number of urea groups is 1. The van der Waals surface area contributed by atoms with E-state index in [1.807, 2.05) is 127 Å². The van der Waals surface area contributed by atoms with E-state index in [1.165, 1.54) is 70.1 Å².